The van der Waals surface area contributed by atoms with Crippen molar-refractivity contribution in [1.82, 2.24) is 9.80 Å². The minimum Gasteiger partial charge on any atom is -0.359 e. The Balaban J connectivity index is 2.83. The van der Waals surface area contributed by atoms with Crippen LogP contribution in [0.5, 0.6) is 0 Å². The molecule has 0 bridgehead atoms. The predicted molar refractivity (Wildman–Crippen MR) is 52.6 cm³/mol. The summed E-state index contributed by atoms with van der Waals surface area (Å²) in [5.41, 5.74) is 3.07. The van der Waals surface area contributed by atoms with E-state index in [1.807, 2.05) is 0 Å². The number of nitrogens with zero attached hydrogens (tertiary/aromatic N) is 2. The summed E-state index contributed by atoms with van der Waals surface area (Å²) in [6, 6.07) is 0. The zero-order valence-electron chi connectivity index (χ0n) is 8.72. The molecule has 0 unspecified atom stereocenters. The van der Waals surface area contributed by atoms with Gasteiger partial charge in [-0.25, -0.2) is 0 Å². The van der Waals surface area contributed by atoms with Crippen LogP contribution in [0.2, 0.25) is 0 Å². The summed E-state index contributed by atoms with van der Waals surface area (Å²) in [5.74, 6) is 0. The minimum absolute atomic E-state index is 1.09. The lowest BCUT2D eigenvalue weighted by molar-refractivity contribution is 0.282. The molecule has 2 heteroatoms. The molecule has 0 saturated carbocycles. The van der Waals surface area contributed by atoms with E-state index in [4.69, 9.17) is 0 Å². The van der Waals surface area contributed by atoms with Gasteiger partial charge in [-0.3, -0.25) is 0 Å². The summed E-state index contributed by atoms with van der Waals surface area (Å²) in [7, 11) is 2.18. The van der Waals surface area contributed by atoms with Crippen LogP contribution in [0.4, 0.5) is 0 Å². The lowest BCUT2D eigenvalue weighted by Gasteiger charge is -2.19. The Bertz CT molecular complexity index is 184. The van der Waals surface area contributed by atoms with Crippen LogP contribution in [0.1, 0.15) is 33.6 Å². The fourth-order valence-corrected chi connectivity index (χ4v) is 2.02. The molecular formula is C10H20N2. The molecule has 1 rings (SSSR count). The molecule has 1 aliphatic heterocycles. The van der Waals surface area contributed by atoms with Crippen LogP contribution in [-0.2, 0) is 0 Å². The normalized spacial score (nSPS) is 18.0. The van der Waals surface area contributed by atoms with Crippen molar-refractivity contribution in [3.63, 3.8) is 0 Å². The van der Waals surface area contributed by atoms with Gasteiger partial charge in [0.25, 0.3) is 0 Å². The molecule has 0 spiro atoms. The van der Waals surface area contributed by atoms with Crippen molar-refractivity contribution in [1.29, 1.82) is 0 Å². The third-order valence-corrected chi connectivity index (χ3v) is 2.61. The molecule has 1 heterocycles. The fourth-order valence-electron chi connectivity index (χ4n) is 2.02. The SMILES string of the molecule is CCC1=C(CC)N(CC)CN1C. The lowest BCUT2D eigenvalue weighted by Crippen LogP contribution is -2.24. The van der Waals surface area contributed by atoms with E-state index < -0.39 is 0 Å². The molecule has 0 aromatic rings. The predicted octanol–water partition coefficient (Wildman–Crippen LogP) is 2.24. The van der Waals surface area contributed by atoms with Crippen LogP contribution in [-0.4, -0.2) is 30.1 Å². The van der Waals surface area contributed by atoms with Gasteiger partial charge in [-0.1, -0.05) is 13.8 Å². The van der Waals surface area contributed by atoms with Crippen LogP contribution in [0, 0.1) is 0 Å². The number of hydrogen-bond donors (Lipinski definition) is 0. The first-order valence-electron chi connectivity index (χ1n) is 4.92. The van der Waals surface area contributed by atoms with Gasteiger partial charge < -0.3 is 9.80 Å². The summed E-state index contributed by atoms with van der Waals surface area (Å²) in [6.07, 6.45) is 2.33. The van der Waals surface area contributed by atoms with E-state index in [2.05, 4.69) is 37.6 Å². The van der Waals surface area contributed by atoms with Gasteiger partial charge in [0.15, 0.2) is 0 Å². The van der Waals surface area contributed by atoms with E-state index in [0.717, 1.165) is 19.6 Å². The summed E-state index contributed by atoms with van der Waals surface area (Å²) in [4.78, 5) is 4.82. The van der Waals surface area contributed by atoms with Gasteiger partial charge in [0, 0.05) is 25.0 Å². The molecule has 0 atom stereocenters. The Morgan fingerprint density at radius 3 is 2.08 bits per heavy atom. The molecule has 0 amide bonds. The van der Waals surface area contributed by atoms with Gasteiger partial charge in [0.2, 0.25) is 0 Å². The van der Waals surface area contributed by atoms with Gasteiger partial charge in [0.05, 0.1) is 6.67 Å². The standard InChI is InChI=1S/C10H20N2/c1-5-9-10(6-2)12(7-3)8-11(9)4/h5-8H2,1-4H3. The van der Waals surface area contributed by atoms with Gasteiger partial charge in [-0.05, 0) is 19.8 Å². The summed E-state index contributed by atoms with van der Waals surface area (Å²) >= 11 is 0. The quantitative estimate of drug-likeness (QED) is 0.637. The molecule has 0 aliphatic carbocycles. The van der Waals surface area contributed by atoms with Crippen LogP contribution >= 0.6 is 0 Å². The second-order valence-electron chi connectivity index (χ2n) is 3.30. The zero-order chi connectivity index (χ0) is 9.14. The van der Waals surface area contributed by atoms with Gasteiger partial charge in [-0.2, -0.15) is 0 Å². The van der Waals surface area contributed by atoms with Gasteiger partial charge in [0.1, 0.15) is 0 Å². The maximum atomic E-state index is 2.46. The summed E-state index contributed by atoms with van der Waals surface area (Å²) < 4.78 is 0. The van der Waals surface area contributed by atoms with Crippen molar-refractivity contribution < 1.29 is 0 Å². The van der Waals surface area contributed by atoms with Crippen LogP contribution in [0.3, 0.4) is 0 Å². The molecule has 12 heavy (non-hydrogen) atoms. The molecule has 0 fully saturated rings. The summed E-state index contributed by atoms with van der Waals surface area (Å²) in [6.45, 7) is 8.93. The first-order valence-corrected chi connectivity index (χ1v) is 4.92. The molecular weight excluding hydrogens is 148 g/mol. The van der Waals surface area contributed by atoms with E-state index in [-0.39, 0.29) is 0 Å². The fraction of sp³-hybridized carbons (Fsp3) is 0.800. The molecule has 0 radical (unpaired) electrons. The van der Waals surface area contributed by atoms with E-state index in [9.17, 15) is 0 Å². The minimum atomic E-state index is 1.09. The van der Waals surface area contributed by atoms with Crippen LogP contribution < -0.4 is 0 Å². The van der Waals surface area contributed by atoms with E-state index in [0.29, 0.717) is 0 Å². The van der Waals surface area contributed by atoms with Crippen molar-refractivity contribution in [3.8, 4) is 0 Å². The molecule has 0 saturated heterocycles. The number of allylic oxidation sites excluding steroid dienone is 2. The molecule has 2 nitrogen and oxygen atoms in total. The average molecular weight is 168 g/mol. The largest absolute Gasteiger partial charge is 0.359 e. The molecule has 0 aromatic carbocycles. The third-order valence-electron chi connectivity index (χ3n) is 2.61. The van der Waals surface area contributed by atoms with E-state index in [1.165, 1.54) is 12.1 Å². The second-order valence-corrected chi connectivity index (χ2v) is 3.30. The van der Waals surface area contributed by atoms with Crippen LogP contribution in [0.15, 0.2) is 11.4 Å². The van der Waals surface area contributed by atoms with Crippen molar-refractivity contribution in [2.24, 2.45) is 0 Å². The maximum absolute atomic E-state index is 2.46. The highest BCUT2D eigenvalue weighted by molar-refractivity contribution is 5.16. The Labute approximate surface area is 75.8 Å². The third kappa shape index (κ3) is 1.43. The van der Waals surface area contributed by atoms with Crippen LogP contribution in [0.25, 0.3) is 0 Å². The molecule has 1 aliphatic rings. The Kier molecular flexibility index (Phi) is 3.01. The Morgan fingerprint density at radius 2 is 1.67 bits per heavy atom. The first kappa shape index (κ1) is 9.43. The van der Waals surface area contributed by atoms with E-state index >= 15 is 0 Å². The molecule has 70 valence electrons. The van der Waals surface area contributed by atoms with Gasteiger partial charge >= 0.3 is 0 Å². The second kappa shape index (κ2) is 3.83. The Morgan fingerprint density at radius 1 is 1.08 bits per heavy atom. The number of hydrogen-bond acceptors (Lipinski definition) is 2. The topological polar surface area (TPSA) is 6.48 Å². The maximum Gasteiger partial charge on any atom is 0.0895 e. The highest BCUT2D eigenvalue weighted by atomic mass is 15.4. The smallest absolute Gasteiger partial charge is 0.0895 e. The van der Waals surface area contributed by atoms with Gasteiger partial charge in [-0.15, -0.1) is 0 Å². The first-order chi connectivity index (χ1) is 5.74. The van der Waals surface area contributed by atoms with E-state index in [1.54, 1.807) is 5.70 Å². The molecule has 0 aromatic heterocycles. The van der Waals surface area contributed by atoms with Crippen molar-refractivity contribution in [2.45, 2.75) is 33.6 Å². The highest BCUT2D eigenvalue weighted by Gasteiger charge is 2.21. The number of rotatable bonds is 3. The average Bonchev–Trinajstić information content (AvgIpc) is 2.40. The lowest BCUT2D eigenvalue weighted by atomic mass is 10.2. The Hall–Kier alpha value is -0.660. The zero-order valence-corrected chi connectivity index (χ0v) is 8.72. The van der Waals surface area contributed by atoms with Crippen molar-refractivity contribution >= 4 is 0 Å². The molecule has 0 N–H and O–H groups in total. The van der Waals surface area contributed by atoms with Crippen molar-refractivity contribution in [3.05, 3.63) is 11.4 Å². The highest BCUT2D eigenvalue weighted by Crippen LogP contribution is 2.26. The monoisotopic (exact) mass is 168 g/mol. The summed E-state index contributed by atoms with van der Waals surface area (Å²) in [5, 5.41) is 0. The van der Waals surface area contributed by atoms with Crippen molar-refractivity contribution in [2.75, 3.05) is 20.3 Å².